The Bertz CT molecular complexity index is 1150. The van der Waals surface area contributed by atoms with Gasteiger partial charge in [-0.15, -0.1) is 0 Å². The van der Waals surface area contributed by atoms with Crippen LogP contribution in [0.25, 0.3) is 0 Å². The van der Waals surface area contributed by atoms with E-state index >= 15 is 0 Å². The normalized spacial score (nSPS) is 13.7. The van der Waals surface area contributed by atoms with Gasteiger partial charge in [0.25, 0.3) is 11.5 Å². The van der Waals surface area contributed by atoms with E-state index in [9.17, 15) is 22.8 Å². The molecule has 0 spiro atoms. The quantitative estimate of drug-likeness (QED) is 0.633. The monoisotopic (exact) mass is 418 g/mol. The van der Waals surface area contributed by atoms with Crippen molar-refractivity contribution in [1.29, 1.82) is 0 Å². The van der Waals surface area contributed by atoms with Crippen LogP contribution >= 0.6 is 0 Å². The number of amides is 1. The molecule has 2 N–H and O–H groups in total. The fourth-order valence-corrected chi connectivity index (χ4v) is 2.96. The first kappa shape index (κ1) is 19.5. The summed E-state index contributed by atoms with van der Waals surface area (Å²) >= 11 is 0. The third-order valence-corrected chi connectivity index (χ3v) is 4.42. The number of rotatable bonds is 4. The Hall–Kier alpha value is -3.79. The lowest BCUT2D eigenvalue weighted by Gasteiger charge is -2.20. The number of aromatic nitrogens is 1. The molecular weight excluding hydrogens is 405 g/mol. The SMILES string of the molecule is O=C(NC(c1ccccc1)c1ccc2c(c1)OOO2)c1ccc(C(F)(F)F)[nH]c1=O. The van der Waals surface area contributed by atoms with Crippen molar-refractivity contribution in [3.63, 3.8) is 0 Å². The fourth-order valence-electron chi connectivity index (χ4n) is 2.96. The Morgan fingerprint density at radius 1 is 0.933 bits per heavy atom. The minimum atomic E-state index is -4.73. The van der Waals surface area contributed by atoms with Gasteiger partial charge in [-0.1, -0.05) is 36.4 Å². The number of H-pyrrole nitrogens is 1. The van der Waals surface area contributed by atoms with Gasteiger partial charge in [0.15, 0.2) is 0 Å². The summed E-state index contributed by atoms with van der Waals surface area (Å²) in [6.07, 6.45) is -4.73. The Balaban J connectivity index is 1.67. The number of benzene rings is 2. The smallest absolute Gasteiger partial charge is 0.341 e. The van der Waals surface area contributed by atoms with Crippen LogP contribution in [0.3, 0.4) is 0 Å². The molecule has 3 aromatic rings. The maximum atomic E-state index is 12.8. The van der Waals surface area contributed by atoms with Crippen LogP contribution in [-0.2, 0) is 11.2 Å². The topological polar surface area (TPSA) is 89.7 Å². The van der Waals surface area contributed by atoms with E-state index < -0.39 is 34.9 Å². The zero-order chi connectivity index (χ0) is 21.3. The predicted molar refractivity (Wildman–Crippen MR) is 96.6 cm³/mol. The highest BCUT2D eigenvalue weighted by atomic mass is 19.4. The number of aromatic amines is 1. The minimum absolute atomic E-state index is 0.287. The minimum Gasteiger partial charge on any atom is -0.341 e. The maximum absolute atomic E-state index is 12.8. The molecule has 154 valence electrons. The molecule has 1 amide bonds. The molecule has 0 saturated heterocycles. The molecular formula is C20H13F3N2O5. The summed E-state index contributed by atoms with van der Waals surface area (Å²) in [7, 11) is 0. The van der Waals surface area contributed by atoms with Crippen LogP contribution in [0.4, 0.5) is 13.2 Å². The van der Waals surface area contributed by atoms with E-state index in [0.717, 1.165) is 6.07 Å². The van der Waals surface area contributed by atoms with E-state index in [0.29, 0.717) is 22.9 Å². The maximum Gasteiger partial charge on any atom is 0.431 e. The van der Waals surface area contributed by atoms with E-state index in [1.54, 1.807) is 53.5 Å². The van der Waals surface area contributed by atoms with Gasteiger partial charge in [0.05, 0.1) is 6.04 Å². The number of pyridine rings is 1. The van der Waals surface area contributed by atoms with E-state index in [1.807, 2.05) is 0 Å². The zero-order valence-electron chi connectivity index (χ0n) is 15.0. The first-order chi connectivity index (χ1) is 14.3. The second-order valence-corrected chi connectivity index (χ2v) is 6.37. The average Bonchev–Trinajstić information content (AvgIpc) is 3.19. The summed E-state index contributed by atoms with van der Waals surface area (Å²) in [5.41, 5.74) is -1.58. The molecule has 0 aliphatic carbocycles. The van der Waals surface area contributed by atoms with Gasteiger partial charge in [0.2, 0.25) is 11.5 Å². The van der Waals surface area contributed by atoms with Gasteiger partial charge in [-0.3, -0.25) is 19.4 Å². The largest absolute Gasteiger partial charge is 0.431 e. The lowest BCUT2D eigenvalue weighted by atomic mass is 9.98. The lowest BCUT2D eigenvalue weighted by molar-refractivity contribution is -0.384. The summed E-state index contributed by atoms with van der Waals surface area (Å²) in [5.74, 6) is -0.209. The van der Waals surface area contributed by atoms with E-state index in [-0.39, 0.29) is 5.75 Å². The van der Waals surface area contributed by atoms with Crippen LogP contribution in [0.2, 0.25) is 0 Å². The van der Waals surface area contributed by atoms with Crippen LogP contribution in [-0.4, -0.2) is 10.9 Å². The number of fused-ring (bicyclic) bond motifs is 1. The van der Waals surface area contributed by atoms with Crippen molar-refractivity contribution in [2.45, 2.75) is 12.2 Å². The van der Waals surface area contributed by atoms with Gasteiger partial charge in [-0.25, -0.2) is 0 Å². The zero-order valence-corrected chi connectivity index (χ0v) is 15.0. The first-order valence-electron chi connectivity index (χ1n) is 8.64. The van der Waals surface area contributed by atoms with E-state index in [4.69, 9.17) is 9.78 Å². The summed E-state index contributed by atoms with van der Waals surface area (Å²) in [4.78, 5) is 36.2. The second-order valence-electron chi connectivity index (χ2n) is 6.37. The summed E-state index contributed by atoms with van der Waals surface area (Å²) < 4.78 is 38.3. The molecule has 7 nitrogen and oxygen atoms in total. The molecule has 1 aliphatic heterocycles. The highest BCUT2D eigenvalue weighted by molar-refractivity contribution is 5.94. The number of carbonyl (C=O) groups excluding carboxylic acids is 1. The predicted octanol–water partition coefficient (Wildman–Crippen LogP) is 3.53. The van der Waals surface area contributed by atoms with Crippen molar-refractivity contribution in [2.24, 2.45) is 0 Å². The first-order valence-corrected chi connectivity index (χ1v) is 8.64. The number of hydrogen-bond donors (Lipinski definition) is 2. The molecule has 0 saturated carbocycles. The van der Waals surface area contributed by atoms with Crippen LogP contribution < -0.4 is 20.7 Å². The molecule has 0 bridgehead atoms. The van der Waals surface area contributed by atoms with Gasteiger partial charge < -0.3 is 10.3 Å². The Morgan fingerprint density at radius 2 is 1.67 bits per heavy atom. The van der Waals surface area contributed by atoms with Crippen molar-refractivity contribution < 1.29 is 32.8 Å². The van der Waals surface area contributed by atoms with E-state index in [1.165, 1.54) is 0 Å². The molecule has 1 unspecified atom stereocenters. The number of hydrogen-bond acceptors (Lipinski definition) is 5. The van der Waals surface area contributed by atoms with Gasteiger partial charge in [-0.2, -0.15) is 13.2 Å². The molecule has 2 heterocycles. The summed E-state index contributed by atoms with van der Waals surface area (Å²) in [6.45, 7) is 0. The van der Waals surface area contributed by atoms with Crippen LogP contribution in [0, 0.1) is 0 Å². The lowest BCUT2D eigenvalue weighted by Crippen LogP contribution is -2.34. The Kier molecular flexibility index (Phi) is 4.92. The third kappa shape index (κ3) is 3.85. The number of alkyl halides is 3. The van der Waals surface area contributed by atoms with Crippen molar-refractivity contribution >= 4 is 5.91 Å². The second kappa shape index (κ2) is 7.56. The van der Waals surface area contributed by atoms with Gasteiger partial charge in [-0.05, 0) is 35.4 Å². The molecule has 10 heteroatoms. The number of carbonyl (C=O) groups is 1. The number of nitrogens with one attached hydrogen (secondary N) is 2. The third-order valence-electron chi connectivity index (χ3n) is 4.42. The average molecular weight is 418 g/mol. The summed E-state index contributed by atoms with van der Waals surface area (Å²) in [6, 6.07) is 14.4. The Morgan fingerprint density at radius 3 is 2.37 bits per heavy atom. The van der Waals surface area contributed by atoms with Crippen molar-refractivity contribution in [3.8, 4) is 11.5 Å². The molecule has 2 aromatic carbocycles. The molecule has 1 aliphatic rings. The fraction of sp³-hybridized carbons (Fsp3) is 0.100. The molecule has 4 rings (SSSR count). The molecule has 1 atom stereocenters. The van der Waals surface area contributed by atoms with Gasteiger partial charge in [0.1, 0.15) is 11.3 Å². The van der Waals surface area contributed by atoms with Crippen LogP contribution in [0.5, 0.6) is 11.5 Å². The van der Waals surface area contributed by atoms with Crippen molar-refractivity contribution in [3.05, 3.63) is 93.4 Å². The van der Waals surface area contributed by atoms with Crippen molar-refractivity contribution in [2.75, 3.05) is 0 Å². The van der Waals surface area contributed by atoms with Crippen LogP contribution in [0.1, 0.15) is 33.2 Å². The van der Waals surface area contributed by atoms with Gasteiger partial charge in [0, 0.05) is 5.04 Å². The highest BCUT2D eigenvalue weighted by Crippen LogP contribution is 2.36. The standard InChI is InChI=1S/C20H13F3N2O5/c21-20(22,23)16-9-7-13(18(26)24-16)19(27)25-17(11-4-2-1-3-5-11)12-6-8-14-15(10-12)29-30-28-14/h1-10,17H,(H,24,26)(H,25,27). The molecule has 30 heavy (non-hydrogen) atoms. The molecule has 0 radical (unpaired) electrons. The summed E-state index contributed by atoms with van der Waals surface area (Å²) in [5, 5.41) is 7.11. The van der Waals surface area contributed by atoms with Crippen molar-refractivity contribution in [1.82, 2.24) is 10.3 Å². The van der Waals surface area contributed by atoms with E-state index in [2.05, 4.69) is 10.4 Å². The van der Waals surface area contributed by atoms with Crippen LogP contribution in [0.15, 0.2) is 65.5 Å². The Labute approximate surface area is 166 Å². The molecule has 1 aromatic heterocycles. The number of halogens is 3. The van der Waals surface area contributed by atoms with Gasteiger partial charge >= 0.3 is 6.18 Å². The highest BCUT2D eigenvalue weighted by Gasteiger charge is 2.32. The molecule has 0 fully saturated rings.